The lowest BCUT2D eigenvalue weighted by Gasteiger charge is -2.37. The third-order valence-corrected chi connectivity index (χ3v) is 5.16. The van der Waals surface area contributed by atoms with E-state index < -0.39 is 0 Å². The topological polar surface area (TPSA) is 59.2 Å². The molecule has 5 rings (SSSR count). The molecule has 1 aromatic heterocycles. The molecule has 3 aromatic rings. The van der Waals surface area contributed by atoms with Crippen molar-refractivity contribution in [2.24, 2.45) is 0 Å². The summed E-state index contributed by atoms with van der Waals surface area (Å²) in [6, 6.07) is 18.0. The molecule has 130 valence electrons. The van der Waals surface area contributed by atoms with Crippen LogP contribution in [0.25, 0.3) is 11.1 Å². The Morgan fingerprint density at radius 1 is 0.923 bits per heavy atom. The Kier molecular flexibility index (Phi) is 3.59. The van der Waals surface area contributed by atoms with Crippen molar-refractivity contribution in [3.05, 3.63) is 71.9 Å². The highest BCUT2D eigenvalue weighted by Gasteiger charge is 2.37. The quantitative estimate of drug-likeness (QED) is 0.720. The van der Waals surface area contributed by atoms with Crippen LogP contribution < -0.4 is 0 Å². The number of carbonyl (C=O) groups is 1. The second-order valence-corrected chi connectivity index (χ2v) is 7.12. The molecule has 0 spiro atoms. The maximum absolute atomic E-state index is 12.6. The van der Waals surface area contributed by atoms with Gasteiger partial charge in [-0.05, 0) is 36.1 Å². The minimum atomic E-state index is 0.0581. The summed E-state index contributed by atoms with van der Waals surface area (Å²) in [6.07, 6.45) is 2.32. The fraction of sp³-hybridized carbons (Fsp3) is 0.286. The number of aromatic nitrogens is 2. The highest BCUT2D eigenvalue weighted by molar-refractivity contribution is 5.95. The first-order valence-corrected chi connectivity index (χ1v) is 9.06. The monoisotopic (exact) mass is 345 g/mol. The number of likely N-dealkylation sites (tertiary alicyclic amines) is 1. The number of carbonyl (C=O) groups excluding carboxylic acids is 1. The standard InChI is InChI=1S/C21H19N3O2/c25-21(17-10-6-15(7-11-17)14-4-2-1-3-5-14)24-12-18(13-24)20-22-19(23-26-20)16-8-9-16/h1-7,10-11,16,18H,8-9,12-13H2. The fourth-order valence-electron chi connectivity index (χ4n) is 3.34. The number of hydrogen-bond acceptors (Lipinski definition) is 4. The van der Waals surface area contributed by atoms with Crippen LogP contribution in [-0.4, -0.2) is 34.0 Å². The van der Waals surface area contributed by atoms with Crippen LogP contribution in [-0.2, 0) is 0 Å². The summed E-state index contributed by atoms with van der Waals surface area (Å²) in [6.45, 7) is 1.29. The van der Waals surface area contributed by atoms with Gasteiger partial charge < -0.3 is 9.42 Å². The number of hydrogen-bond donors (Lipinski definition) is 0. The summed E-state index contributed by atoms with van der Waals surface area (Å²) in [7, 11) is 0. The lowest BCUT2D eigenvalue weighted by Crippen LogP contribution is -2.48. The molecule has 5 heteroatoms. The smallest absolute Gasteiger partial charge is 0.253 e. The molecular formula is C21H19N3O2. The summed E-state index contributed by atoms with van der Waals surface area (Å²) >= 11 is 0. The molecule has 0 bridgehead atoms. The summed E-state index contributed by atoms with van der Waals surface area (Å²) in [5, 5.41) is 4.06. The van der Waals surface area contributed by atoms with Crippen molar-refractivity contribution in [1.82, 2.24) is 15.0 Å². The van der Waals surface area contributed by atoms with E-state index in [0.29, 0.717) is 30.5 Å². The third-order valence-electron chi connectivity index (χ3n) is 5.16. The van der Waals surface area contributed by atoms with E-state index in [2.05, 4.69) is 22.3 Å². The van der Waals surface area contributed by atoms with Crippen LogP contribution in [0.5, 0.6) is 0 Å². The molecular weight excluding hydrogens is 326 g/mol. The van der Waals surface area contributed by atoms with Gasteiger partial charge in [-0.3, -0.25) is 4.79 Å². The van der Waals surface area contributed by atoms with Crippen LogP contribution in [0.1, 0.15) is 46.8 Å². The zero-order chi connectivity index (χ0) is 17.5. The van der Waals surface area contributed by atoms with E-state index in [4.69, 9.17) is 4.52 Å². The lowest BCUT2D eigenvalue weighted by molar-refractivity contribution is 0.0569. The molecule has 0 N–H and O–H groups in total. The van der Waals surface area contributed by atoms with E-state index in [1.165, 1.54) is 0 Å². The third kappa shape index (κ3) is 2.79. The molecule has 2 aromatic carbocycles. The van der Waals surface area contributed by atoms with Crippen molar-refractivity contribution in [1.29, 1.82) is 0 Å². The van der Waals surface area contributed by atoms with E-state index in [1.807, 2.05) is 47.4 Å². The fourth-order valence-corrected chi connectivity index (χ4v) is 3.34. The van der Waals surface area contributed by atoms with Crippen LogP contribution in [0.4, 0.5) is 0 Å². The zero-order valence-electron chi connectivity index (χ0n) is 14.3. The molecule has 2 heterocycles. The normalized spacial score (nSPS) is 17.2. The van der Waals surface area contributed by atoms with Crippen molar-refractivity contribution in [2.45, 2.75) is 24.7 Å². The molecule has 0 radical (unpaired) electrons. The number of benzene rings is 2. The maximum atomic E-state index is 12.6. The molecule has 1 aliphatic heterocycles. The number of nitrogens with zero attached hydrogens (tertiary/aromatic N) is 3. The Bertz CT molecular complexity index is 923. The van der Waals surface area contributed by atoms with Gasteiger partial charge >= 0.3 is 0 Å². The summed E-state index contributed by atoms with van der Waals surface area (Å²) in [5.41, 5.74) is 2.98. The van der Waals surface area contributed by atoms with E-state index in [1.54, 1.807) is 0 Å². The molecule has 2 aliphatic rings. The first-order valence-electron chi connectivity index (χ1n) is 9.06. The van der Waals surface area contributed by atoms with Gasteiger partial charge in [-0.1, -0.05) is 47.6 Å². The Morgan fingerprint density at radius 3 is 2.31 bits per heavy atom. The second-order valence-electron chi connectivity index (χ2n) is 7.12. The van der Waals surface area contributed by atoms with Crippen molar-refractivity contribution >= 4 is 5.91 Å². The van der Waals surface area contributed by atoms with Crippen molar-refractivity contribution in [3.63, 3.8) is 0 Å². The Balaban J connectivity index is 1.23. The first kappa shape index (κ1) is 15.3. The minimum Gasteiger partial charge on any atom is -0.339 e. The second kappa shape index (κ2) is 6.09. The van der Waals surface area contributed by atoms with Crippen LogP contribution in [0.15, 0.2) is 59.1 Å². The molecule has 1 saturated heterocycles. The highest BCUT2D eigenvalue weighted by atomic mass is 16.5. The van der Waals surface area contributed by atoms with Gasteiger partial charge in [0.2, 0.25) is 5.89 Å². The van der Waals surface area contributed by atoms with E-state index >= 15 is 0 Å². The van der Waals surface area contributed by atoms with E-state index in [0.717, 1.165) is 29.8 Å². The molecule has 1 aliphatic carbocycles. The predicted molar refractivity (Wildman–Crippen MR) is 96.8 cm³/mol. The zero-order valence-corrected chi connectivity index (χ0v) is 14.3. The van der Waals surface area contributed by atoms with Gasteiger partial charge in [-0.25, -0.2) is 0 Å². The van der Waals surface area contributed by atoms with Crippen LogP contribution in [0.2, 0.25) is 0 Å². The molecule has 1 saturated carbocycles. The van der Waals surface area contributed by atoms with Gasteiger partial charge in [0.1, 0.15) is 0 Å². The largest absolute Gasteiger partial charge is 0.339 e. The number of amides is 1. The number of rotatable bonds is 4. The van der Waals surface area contributed by atoms with Crippen molar-refractivity contribution in [3.8, 4) is 11.1 Å². The Morgan fingerprint density at radius 2 is 1.62 bits per heavy atom. The van der Waals surface area contributed by atoms with Crippen molar-refractivity contribution < 1.29 is 9.32 Å². The van der Waals surface area contributed by atoms with Crippen LogP contribution in [0.3, 0.4) is 0 Å². The van der Waals surface area contributed by atoms with Gasteiger partial charge in [0.05, 0.1) is 5.92 Å². The van der Waals surface area contributed by atoms with Gasteiger partial charge in [0.15, 0.2) is 5.82 Å². The maximum Gasteiger partial charge on any atom is 0.253 e. The van der Waals surface area contributed by atoms with Crippen molar-refractivity contribution in [2.75, 3.05) is 13.1 Å². The SMILES string of the molecule is O=C(c1ccc(-c2ccccc2)cc1)N1CC(c2nc(C3CC3)no2)C1. The van der Waals surface area contributed by atoms with Gasteiger partial charge in [-0.15, -0.1) is 0 Å². The summed E-state index contributed by atoms with van der Waals surface area (Å²) in [4.78, 5) is 19.0. The van der Waals surface area contributed by atoms with E-state index in [-0.39, 0.29) is 11.8 Å². The molecule has 0 atom stereocenters. The van der Waals surface area contributed by atoms with Crippen LogP contribution >= 0.6 is 0 Å². The molecule has 2 fully saturated rings. The van der Waals surface area contributed by atoms with E-state index in [9.17, 15) is 4.79 Å². The summed E-state index contributed by atoms with van der Waals surface area (Å²) in [5.74, 6) is 2.23. The van der Waals surface area contributed by atoms with Gasteiger partial charge in [0, 0.05) is 24.6 Å². The molecule has 5 nitrogen and oxygen atoms in total. The predicted octanol–water partition coefficient (Wildman–Crippen LogP) is 3.85. The van der Waals surface area contributed by atoms with Crippen LogP contribution in [0, 0.1) is 0 Å². The lowest BCUT2D eigenvalue weighted by atomic mass is 9.98. The Hall–Kier alpha value is -2.95. The highest BCUT2D eigenvalue weighted by Crippen LogP contribution is 2.39. The first-order chi connectivity index (χ1) is 12.8. The summed E-state index contributed by atoms with van der Waals surface area (Å²) < 4.78 is 5.37. The van der Waals surface area contributed by atoms with Gasteiger partial charge in [-0.2, -0.15) is 4.98 Å². The minimum absolute atomic E-state index is 0.0581. The molecule has 1 amide bonds. The molecule has 26 heavy (non-hydrogen) atoms. The average Bonchev–Trinajstić information content (AvgIpc) is 3.40. The molecule has 0 unspecified atom stereocenters. The average molecular weight is 345 g/mol. The Labute approximate surface area is 151 Å². The van der Waals surface area contributed by atoms with Gasteiger partial charge in [0.25, 0.3) is 5.91 Å².